The molecule has 1 aromatic rings. The molecule has 0 heterocycles. The van der Waals surface area contributed by atoms with E-state index in [1.807, 2.05) is 0 Å². The quantitative estimate of drug-likeness (QED) is 0.180. The average molecular weight is 600 g/mol. The molecule has 0 aliphatic carbocycles. The van der Waals surface area contributed by atoms with Gasteiger partial charge in [0.25, 0.3) is 0 Å². The molecular formula is C14H19I3O2. The van der Waals surface area contributed by atoms with Crippen molar-refractivity contribution in [3.05, 3.63) is 16.3 Å². The van der Waals surface area contributed by atoms with Gasteiger partial charge in [-0.25, -0.2) is 0 Å². The molecule has 0 atom stereocenters. The van der Waals surface area contributed by atoms with Gasteiger partial charge >= 0.3 is 0 Å². The first-order valence-corrected chi connectivity index (χ1v) is 9.81. The summed E-state index contributed by atoms with van der Waals surface area (Å²) in [6, 6.07) is 0. The van der Waals surface area contributed by atoms with Gasteiger partial charge in [-0.05, 0) is 80.6 Å². The molecule has 5 heteroatoms. The lowest BCUT2D eigenvalue weighted by Crippen LogP contribution is -1.97. The van der Waals surface area contributed by atoms with Crippen molar-refractivity contribution < 1.29 is 10.2 Å². The highest BCUT2D eigenvalue weighted by Gasteiger charge is 2.18. The van der Waals surface area contributed by atoms with Crippen molar-refractivity contribution in [2.75, 3.05) is 0 Å². The molecule has 0 radical (unpaired) electrons. The largest absolute Gasteiger partial charge is 0.504 e. The van der Waals surface area contributed by atoms with Gasteiger partial charge in [0.1, 0.15) is 0 Å². The van der Waals surface area contributed by atoms with Crippen LogP contribution >= 0.6 is 67.8 Å². The van der Waals surface area contributed by atoms with E-state index in [1.165, 1.54) is 32.1 Å². The monoisotopic (exact) mass is 600 g/mol. The zero-order valence-corrected chi connectivity index (χ0v) is 17.5. The molecule has 1 rings (SSSR count). The minimum absolute atomic E-state index is 0.0337. The Balaban J connectivity index is 2.64. The molecule has 0 amide bonds. The second kappa shape index (κ2) is 9.11. The van der Waals surface area contributed by atoms with Gasteiger partial charge in [-0.3, -0.25) is 0 Å². The van der Waals surface area contributed by atoms with Gasteiger partial charge < -0.3 is 10.2 Å². The van der Waals surface area contributed by atoms with Crippen molar-refractivity contribution >= 4 is 67.8 Å². The molecular weight excluding hydrogens is 581 g/mol. The fourth-order valence-corrected chi connectivity index (χ4v) is 4.41. The smallest absolute Gasteiger partial charge is 0.172 e. The zero-order valence-electron chi connectivity index (χ0n) is 11.0. The zero-order chi connectivity index (χ0) is 14.4. The molecule has 0 bridgehead atoms. The Hall–Kier alpha value is 1.01. The maximum Gasteiger partial charge on any atom is 0.172 e. The lowest BCUT2D eigenvalue weighted by Gasteiger charge is -2.13. The second-order valence-electron chi connectivity index (χ2n) is 4.64. The molecule has 0 saturated heterocycles. The fraction of sp³-hybridized carbons (Fsp3) is 0.571. The summed E-state index contributed by atoms with van der Waals surface area (Å²) < 4.78 is 2.85. The molecule has 2 N–H and O–H groups in total. The SMILES string of the molecule is CCCCCCCCc1c(O)c(O)c(I)c(I)c1I. The third-order valence-corrected chi connectivity index (χ3v) is 8.53. The number of phenols is 2. The van der Waals surface area contributed by atoms with Crippen LogP contribution in [0, 0.1) is 10.7 Å². The molecule has 19 heavy (non-hydrogen) atoms. The van der Waals surface area contributed by atoms with Crippen LogP contribution in [0.25, 0.3) is 0 Å². The number of hydrogen-bond donors (Lipinski definition) is 2. The molecule has 1 aromatic carbocycles. The number of benzene rings is 1. The Labute approximate surface area is 156 Å². The first kappa shape index (κ1) is 18.1. The third-order valence-electron chi connectivity index (χ3n) is 3.15. The Bertz CT molecular complexity index is 404. The first-order chi connectivity index (χ1) is 9.00. The Kier molecular flexibility index (Phi) is 8.66. The predicted octanol–water partition coefficient (Wildman–Crippen LogP) is 5.81. The molecule has 0 aromatic heterocycles. The van der Waals surface area contributed by atoms with E-state index >= 15 is 0 Å². The number of hydrogen-bond acceptors (Lipinski definition) is 2. The van der Waals surface area contributed by atoms with Crippen LogP contribution in [0.4, 0.5) is 0 Å². The minimum atomic E-state index is 0.0337. The van der Waals surface area contributed by atoms with E-state index in [0.717, 1.165) is 29.1 Å². The van der Waals surface area contributed by atoms with E-state index < -0.39 is 0 Å². The van der Waals surface area contributed by atoms with Crippen molar-refractivity contribution in [2.45, 2.75) is 51.9 Å². The van der Waals surface area contributed by atoms with Crippen molar-refractivity contribution in [1.29, 1.82) is 0 Å². The number of phenolic OH excluding ortho intramolecular Hbond substituents is 2. The number of halogens is 3. The van der Waals surface area contributed by atoms with E-state index in [9.17, 15) is 10.2 Å². The van der Waals surface area contributed by atoms with Crippen LogP contribution < -0.4 is 0 Å². The van der Waals surface area contributed by atoms with Crippen molar-refractivity contribution in [2.24, 2.45) is 0 Å². The molecule has 2 nitrogen and oxygen atoms in total. The van der Waals surface area contributed by atoms with Gasteiger partial charge in [-0.1, -0.05) is 39.0 Å². The Morgan fingerprint density at radius 1 is 0.737 bits per heavy atom. The summed E-state index contributed by atoms with van der Waals surface area (Å²) in [4.78, 5) is 0. The van der Waals surface area contributed by atoms with E-state index in [-0.39, 0.29) is 11.5 Å². The number of rotatable bonds is 7. The highest BCUT2D eigenvalue weighted by atomic mass is 127. The molecule has 0 aliphatic rings. The number of unbranched alkanes of at least 4 members (excludes halogenated alkanes) is 5. The van der Waals surface area contributed by atoms with Crippen molar-refractivity contribution in [3.8, 4) is 11.5 Å². The van der Waals surface area contributed by atoms with Crippen molar-refractivity contribution in [3.63, 3.8) is 0 Å². The molecule has 0 saturated carbocycles. The molecule has 108 valence electrons. The van der Waals surface area contributed by atoms with E-state index in [2.05, 4.69) is 74.7 Å². The summed E-state index contributed by atoms with van der Waals surface area (Å²) in [7, 11) is 0. The summed E-state index contributed by atoms with van der Waals surface area (Å²) in [6.45, 7) is 2.22. The average Bonchev–Trinajstić information content (AvgIpc) is 2.41. The summed E-state index contributed by atoms with van der Waals surface area (Å²) in [6.07, 6.45) is 8.25. The summed E-state index contributed by atoms with van der Waals surface area (Å²) in [5, 5.41) is 20.0. The minimum Gasteiger partial charge on any atom is -0.504 e. The van der Waals surface area contributed by atoms with Gasteiger partial charge in [0, 0.05) is 12.7 Å². The van der Waals surface area contributed by atoms with Crippen LogP contribution in [0.3, 0.4) is 0 Å². The lowest BCUT2D eigenvalue weighted by atomic mass is 10.0. The lowest BCUT2D eigenvalue weighted by molar-refractivity contribution is 0.395. The van der Waals surface area contributed by atoms with E-state index in [4.69, 9.17) is 0 Å². The van der Waals surface area contributed by atoms with E-state index in [1.54, 1.807) is 0 Å². The van der Waals surface area contributed by atoms with Crippen LogP contribution in [-0.4, -0.2) is 10.2 Å². The van der Waals surface area contributed by atoms with Crippen LogP contribution in [0.15, 0.2) is 0 Å². The number of aromatic hydroxyl groups is 2. The highest BCUT2D eigenvalue weighted by Crippen LogP contribution is 2.41. The summed E-state index contributed by atoms with van der Waals surface area (Å²) in [5.74, 6) is 0.106. The maximum atomic E-state index is 10.1. The van der Waals surface area contributed by atoms with Crippen LogP contribution in [-0.2, 0) is 6.42 Å². The maximum absolute atomic E-state index is 10.1. The molecule has 0 spiro atoms. The topological polar surface area (TPSA) is 40.5 Å². The normalized spacial score (nSPS) is 10.9. The molecule has 0 unspecified atom stereocenters. The molecule has 0 aliphatic heterocycles. The van der Waals surface area contributed by atoms with Gasteiger partial charge in [0.15, 0.2) is 11.5 Å². The highest BCUT2D eigenvalue weighted by molar-refractivity contribution is 14.1. The van der Waals surface area contributed by atoms with Crippen LogP contribution in [0.5, 0.6) is 11.5 Å². The van der Waals surface area contributed by atoms with Gasteiger partial charge in [-0.15, -0.1) is 0 Å². The van der Waals surface area contributed by atoms with Gasteiger partial charge in [-0.2, -0.15) is 0 Å². The third kappa shape index (κ3) is 5.05. The standard InChI is InChI=1S/C14H19I3O2/c1-2-3-4-5-6-7-8-9-10(15)11(16)12(17)14(19)13(9)18/h18-19H,2-8H2,1H3. The Morgan fingerprint density at radius 2 is 1.32 bits per heavy atom. The van der Waals surface area contributed by atoms with Crippen LogP contribution in [0.1, 0.15) is 51.0 Å². The molecule has 0 fully saturated rings. The first-order valence-electron chi connectivity index (χ1n) is 6.57. The second-order valence-corrected chi connectivity index (χ2v) is 7.87. The fourth-order valence-electron chi connectivity index (χ4n) is 1.99. The summed E-state index contributed by atoms with van der Waals surface area (Å²) in [5.41, 5.74) is 0.901. The predicted molar refractivity (Wildman–Crippen MR) is 105 cm³/mol. The van der Waals surface area contributed by atoms with Crippen molar-refractivity contribution in [1.82, 2.24) is 0 Å². The summed E-state index contributed by atoms with van der Waals surface area (Å²) >= 11 is 6.57. The van der Waals surface area contributed by atoms with E-state index in [0.29, 0.717) is 0 Å². The van der Waals surface area contributed by atoms with Gasteiger partial charge in [0.05, 0.1) is 3.57 Å². The van der Waals surface area contributed by atoms with Gasteiger partial charge in [0.2, 0.25) is 0 Å². The van der Waals surface area contributed by atoms with Crippen LogP contribution in [0.2, 0.25) is 0 Å². The Morgan fingerprint density at radius 3 is 1.95 bits per heavy atom.